The first kappa shape index (κ1) is 16.4. The van der Waals surface area contributed by atoms with Gasteiger partial charge in [-0.05, 0) is 25.6 Å². The molecule has 0 fully saturated rings. The Balaban J connectivity index is 1.73. The number of hydrogen-bond acceptors (Lipinski definition) is 5. The monoisotopic (exact) mass is 347 g/mol. The van der Waals surface area contributed by atoms with E-state index in [1.807, 2.05) is 42.6 Å². The van der Waals surface area contributed by atoms with Gasteiger partial charge in [-0.2, -0.15) is 5.10 Å². The van der Waals surface area contributed by atoms with Gasteiger partial charge in [-0.3, -0.25) is 4.68 Å². The average Bonchev–Trinajstić information content (AvgIpc) is 3.33. The third kappa shape index (κ3) is 3.09. The highest BCUT2D eigenvalue weighted by Gasteiger charge is 2.11. The van der Waals surface area contributed by atoms with E-state index < -0.39 is 0 Å². The van der Waals surface area contributed by atoms with Crippen LogP contribution in [0.2, 0.25) is 0 Å². The molecule has 7 nitrogen and oxygen atoms in total. The van der Waals surface area contributed by atoms with Crippen LogP contribution in [0.15, 0.2) is 43.2 Å². The Kier molecular flexibility index (Phi) is 4.45. The van der Waals surface area contributed by atoms with E-state index in [0.29, 0.717) is 0 Å². The fourth-order valence-corrected chi connectivity index (χ4v) is 2.97. The summed E-state index contributed by atoms with van der Waals surface area (Å²) in [6.07, 6.45) is 10.3. The minimum absolute atomic E-state index is 0.836. The van der Waals surface area contributed by atoms with Crippen LogP contribution in [0.1, 0.15) is 12.6 Å². The van der Waals surface area contributed by atoms with Crippen molar-refractivity contribution in [1.29, 1.82) is 0 Å². The normalized spacial score (nSPS) is 11.3. The van der Waals surface area contributed by atoms with E-state index in [-0.39, 0.29) is 0 Å². The maximum atomic E-state index is 4.57. The van der Waals surface area contributed by atoms with E-state index in [9.17, 15) is 0 Å². The van der Waals surface area contributed by atoms with Crippen molar-refractivity contribution >= 4 is 11.0 Å². The lowest BCUT2D eigenvalue weighted by molar-refractivity contribution is 0.585. The van der Waals surface area contributed by atoms with Crippen molar-refractivity contribution < 1.29 is 0 Å². The number of nitrogens with one attached hydrogen (secondary N) is 2. The van der Waals surface area contributed by atoms with Gasteiger partial charge in [0.15, 0.2) is 0 Å². The highest BCUT2D eigenvalue weighted by Crippen LogP contribution is 2.30. The summed E-state index contributed by atoms with van der Waals surface area (Å²) in [5.74, 6) is 0. The van der Waals surface area contributed by atoms with Crippen LogP contribution in [-0.2, 0) is 13.0 Å². The number of nitrogens with zero attached hydrogens (tertiary/aromatic N) is 5. The van der Waals surface area contributed by atoms with Gasteiger partial charge < -0.3 is 10.3 Å². The van der Waals surface area contributed by atoms with Gasteiger partial charge in [0.05, 0.1) is 18.4 Å². The standard InChI is InChI=1S/C19H21N7/c1-3-15-7-18(24-12-23-15)17-10-22-19-16(17)6-13(8-21-19)14-9-25-26(11-14)5-4-20-2/h6-12,20H,3-5H2,1-2H3,(H,21,22). The van der Waals surface area contributed by atoms with Crippen LogP contribution in [0.5, 0.6) is 0 Å². The highest BCUT2D eigenvalue weighted by molar-refractivity contribution is 5.94. The van der Waals surface area contributed by atoms with E-state index in [1.54, 1.807) is 6.33 Å². The lowest BCUT2D eigenvalue weighted by Gasteiger charge is -2.02. The van der Waals surface area contributed by atoms with Gasteiger partial charge in [-0.15, -0.1) is 0 Å². The Hall–Kier alpha value is -3.06. The summed E-state index contributed by atoms with van der Waals surface area (Å²) in [5, 5.41) is 8.60. The van der Waals surface area contributed by atoms with Crippen LogP contribution in [0.3, 0.4) is 0 Å². The summed E-state index contributed by atoms with van der Waals surface area (Å²) in [7, 11) is 1.94. The van der Waals surface area contributed by atoms with E-state index in [4.69, 9.17) is 0 Å². The molecule has 0 aliphatic rings. The summed E-state index contributed by atoms with van der Waals surface area (Å²) < 4.78 is 1.94. The summed E-state index contributed by atoms with van der Waals surface area (Å²) in [5.41, 5.74) is 5.92. The highest BCUT2D eigenvalue weighted by atomic mass is 15.3. The molecule has 0 aliphatic heterocycles. The van der Waals surface area contributed by atoms with Crippen LogP contribution >= 0.6 is 0 Å². The second-order valence-electron chi connectivity index (χ2n) is 6.17. The first-order valence-corrected chi connectivity index (χ1v) is 8.74. The number of hydrogen-bond donors (Lipinski definition) is 2. The number of likely N-dealkylation sites (N-methyl/N-ethyl adjacent to an activating group) is 1. The SMILES string of the molecule is CCc1cc(-c2c[nH]c3ncc(-c4cnn(CCNC)c4)cc23)ncn1. The zero-order valence-corrected chi connectivity index (χ0v) is 14.9. The second kappa shape index (κ2) is 7.05. The van der Waals surface area contributed by atoms with Crippen LogP contribution in [0, 0.1) is 0 Å². The number of rotatable bonds is 6. The first-order valence-electron chi connectivity index (χ1n) is 8.74. The first-order chi connectivity index (χ1) is 12.8. The molecule has 7 heteroatoms. The maximum absolute atomic E-state index is 4.57. The number of pyridine rings is 1. The van der Waals surface area contributed by atoms with Crippen LogP contribution in [0.25, 0.3) is 33.4 Å². The van der Waals surface area contributed by atoms with Gasteiger partial charge in [0.1, 0.15) is 12.0 Å². The smallest absolute Gasteiger partial charge is 0.137 e. The molecular weight excluding hydrogens is 326 g/mol. The largest absolute Gasteiger partial charge is 0.345 e. The maximum Gasteiger partial charge on any atom is 0.137 e. The fourth-order valence-electron chi connectivity index (χ4n) is 2.97. The molecular formula is C19H21N7. The second-order valence-corrected chi connectivity index (χ2v) is 6.17. The predicted octanol–water partition coefficient (Wildman–Crippen LogP) is 2.67. The van der Waals surface area contributed by atoms with Crippen molar-refractivity contribution in [1.82, 2.24) is 35.0 Å². The topological polar surface area (TPSA) is 84.3 Å². The molecule has 0 aromatic carbocycles. The molecule has 0 spiro atoms. The molecule has 2 N–H and O–H groups in total. The third-order valence-electron chi connectivity index (χ3n) is 4.45. The molecule has 4 rings (SSSR count). The Morgan fingerprint density at radius 3 is 2.88 bits per heavy atom. The average molecular weight is 347 g/mol. The van der Waals surface area contributed by atoms with Crippen molar-refractivity contribution in [2.24, 2.45) is 0 Å². The van der Waals surface area contributed by atoms with E-state index in [0.717, 1.165) is 58.6 Å². The van der Waals surface area contributed by atoms with Crippen molar-refractivity contribution in [3.8, 4) is 22.4 Å². The van der Waals surface area contributed by atoms with Crippen LogP contribution in [0.4, 0.5) is 0 Å². The van der Waals surface area contributed by atoms with Gasteiger partial charge in [0.2, 0.25) is 0 Å². The molecule has 0 aliphatic carbocycles. The fraction of sp³-hybridized carbons (Fsp3) is 0.263. The number of aromatic nitrogens is 6. The van der Waals surface area contributed by atoms with Gasteiger partial charge in [-0.1, -0.05) is 6.92 Å². The van der Waals surface area contributed by atoms with Crippen molar-refractivity contribution in [2.45, 2.75) is 19.9 Å². The number of aryl methyl sites for hydroxylation is 1. The lowest BCUT2D eigenvalue weighted by Crippen LogP contribution is -2.14. The minimum Gasteiger partial charge on any atom is -0.345 e. The molecule has 0 radical (unpaired) electrons. The van der Waals surface area contributed by atoms with Gasteiger partial charge in [0.25, 0.3) is 0 Å². The zero-order valence-electron chi connectivity index (χ0n) is 14.9. The summed E-state index contributed by atoms with van der Waals surface area (Å²) in [6, 6.07) is 4.17. The van der Waals surface area contributed by atoms with E-state index in [2.05, 4.69) is 43.3 Å². The van der Waals surface area contributed by atoms with Gasteiger partial charge in [0, 0.05) is 52.9 Å². The van der Waals surface area contributed by atoms with Crippen LogP contribution < -0.4 is 5.32 Å². The molecule has 4 aromatic heterocycles. The number of fused-ring (bicyclic) bond motifs is 1. The number of H-pyrrole nitrogens is 1. The zero-order chi connectivity index (χ0) is 17.9. The van der Waals surface area contributed by atoms with E-state index in [1.165, 1.54) is 0 Å². The van der Waals surface area contributed by atoms with E-state index >= 15 is 0 Å². The molecule has 0 unspecified atom stereocenters. The Bertz CT molecular complexity index is 1030. The van der Waals surface area contributed by atoms with Crippen molar-refractivity contribution in [3.05, 3.63) is 48.9 Å². The van der Waals surface area contributed by atoms with Gasteiger partial charge in [-0.25, -0.2) is 15.0 Å². The molecule has 4 aromatic rings. The molecule has 0 saturated carbocycles. The predicted molar refractivity (Wildman–Crippen MR) is 102 cm³/mol. The van der Waals surface area contributed by atoms with Crippen molar-refractivity contribution in [3.63, 3.8) is 0 Å². The minimum atomic E-state index is 0.836. The molecule has 0 saturated heterocycles. The molecule has 4 heterocycles. The summed E-state index contributed by atoms with van der Waals surface area (Å²) in [6.45, 7) is 3.81. The molecule has 0 amide bonds. The molecule has 26 heavy (non-hydrogen) atoms. The molecule has 0 bridgehead atoms. The number of aromatic amines is 1. The Labute approximate surface area is 151 Å². The van der Waals surface area contributed by atoms with Crippen molar-refractivity contribution in [2.75, 3.05) is 13.6 Å². The van der Waals surface area contributed by atoms with Crippen LogP contribution in [-0.4, -0.2) is 43.3 Å². The third-order valence-corrected chi connectivity index (χ3v) is 4.45. The Morgan fingerprint density at radius 2 is 2.04 bits per heavy atom. The lowest BCUT2D eigenvalue weighted by atomic mass is 10.1. The Morgan fingerprint density at radius 1 is 1.12 bits per heavy atom. The van der Waals surface area contributed by atoms with Gasteiger partial charge >= 0.3 is 0 Å². The quantitative estimate of drug-likeness (QED) is 0.560. The summed E-state index contributed by atoms with van der Waals surface area (Å²) >= 11 is 0. The molecule has 132 valence electrons. The summed E-state index contributed by atoms with van der Waals surface area (Å²) in [4.78, 5) is 16.5. The molecule has 0 atom stereocenters.